The van der Waals surface area contributed by atoms with Crippen molar-refractivity contribution in [1.82, 2.24) is 0 Å². The average Bonchev–Trinajstić information content (AvgIpc) is 2.25. The third-order valence-corrected chi connectivity index (χ3v) is 1.64. The van der Waals surface area contributed by atoms with Crippen LogP contribution in [0.1, 0.15) is 33.1 Å². The largest absolute Gasteiger partial charge is 0.480 e. The number of ketones is 2. The summed E-state index contributed by atoms with van der Waals surface area (Å²) in [6, 6.07) is -1.04. The molecule has 0 spiro atoms. The van der Waals surface area contributed by atoms with E-state index in [-0.39, 0.29) is 30.8 Å². The Morgan fingerprint density at radius 3 is 1.83 bits per heavy atom. The van der Waals surface area contributed by atoms with Crippen LogP contribution in [-0.2, 0) is 24.0 Å². The third-order valence-electron chi connectivity index (χ3n) is 1.64. The molecule has 1 unspecified atom stereocenters. The second kappa shape index (κ2) is 10.4. The van der Waals surface area contributed by atoms with Crippen LogP contribution in [0.2, 0.25) is 0 Å². The quantitative estimate of drug-likeness (QED) is 0.524. The minimum absolute atomic E-state index is 0.0413. The molecule has 5 N–H and O–H groups in total. The number of nitrogens with two attached hydrogens (primary N) is 2. The number of Topliss-reactive ketones (excluding diaryl/α,β-unsaturated/α-hetero) is 2. The van der Waals surface area contributed by atoms with Crippen molar-refractivity contribution < 1.29 is 29.1 Å². The van der Waals surface area contributed by atoms with Crippen LogP contribution in [0.3, 0.4) is 0 Å². The van der Waals surface area contributed by atoms with Crippen LogP contribution in [0.15, 0.2) is 0 Å². The molecular formula is C10H18N2O6. The summed E-state index contributed by atoms with van der Waals surface area (Å²) < 4.78 is 0. The van der Waals surface area contributed by atoms with Crippen molar-refractivity contribution in [3.8, 4) is 0 Å². The molecule has 0 saturated heterocycles. The van der Waals surface area contributed by atoms with E-state index < -0.39 is 18.0 Å². The van der Waals surface area contributed by atoms with Gasteiger partial charge in [-0.25, -0.2) is 0 Å². The topological polar surface area (TPSA) is 150 Å². The van der Waals surface area contributed by atoms with Gasteiger partial charge in [0.15, 0.2) is 0 Å². The Hall–Kier alpha value is -1.80. The number of carbonyl (C=O) groups excluding carboxylic acids is 3. The number of hydrogen-bond donors (Lipinski definition) is 3. The van der Waals surface area contributed by atoms with E-state index in [2.05, 4.69) is 10.7 Å². The van der Waals surface area contributed by atoms with Gasteiger partial charge in [-0.15, -0.1) is 0 Å². The van der Waals surface area contributed by atoms with Gasteiger partial charge >= 0.3 is 11.9 Å². The van der Waals surface area contributed by atoms with Gasteiger partial charge in [0.25, 0.3) is 0 Å². The van der Waals surface area contributed by atoms with E-state index in [4.69, 9.17) is 10.8 Å². The molecule has 0 amide bonds. The molecule has 0 fully saturated rings. The van der Waals surface area contributed by atoms with Crippen LogP contribution in [0.25, 0.3) is 0 Å². The van der Waals surface area contributed by atoms with Crippen molar-refractivity contribution in [3.05, 3.63) is 0 Å². The molecule has 0 radical (unpaired) electrons. The smallest absolute Gasteiger partial charge is 0.324 e. The van der Waals surface area contributed by atoms with E-state index in [1.165, 1.54) is 13.8 Å². The van der Waals surface area contributed by atoms with Gasteiger partial charge < -0.3 is 20.5 Å². The molecule has 8 nitrogen and oxygen atoms in total. The highest BCUT2D eigenvalue weighted by Crippen LogP contribution is 1.90. The maximum absolute atomic E-state index is 10.2. The molecule has 0 rings (SSSR count). The fourth-order valence-electron chi connectivity index (χ4n) is 0.734. The lowest BCUT2D eigenvalue weighted by Crippen LogP contribution is -2.31. The molecule has 0 aliphatic carbocycles. The van der Waals surface area contributed by atoms with Crippen molar-refractivity contribution in [2.45, 2.75) is 39.2 Å². The van der Waals surface area contributed by atoms with Crippen LogP contribution < -0.4 is 11.6 Å². The van der Waals surface area contributed by atoms with Gasteiger partial charge in [0.05, 0.1) is 6.42 Å². The molecule has 104 valence electrons. The Morgan fingerprint density at radius 1 is 1.11 bits per heavy atom. The van der Waals surface area contributed by atoms with E-state index in [1.807, 2.05) is 0 Å². The van der Waals surface area contributed by atoms with E-state index in [1.54, 1.807) is 0 Å². The standard InChI is InChI=1S/2C5H9NO3/c1-4(7)2-3-5(8)9-6;1-3(7)2-4(6)5(8)9/h2-3,6H2,1H3;4H,2,6H2,1H3,(H,8,9). The zero-order valence-electron chi connectivity index (χ0n) is 10.3. The highest BCUT2D eigenvalue weighted by atomic mass is 16.7. The first-order valence-corrected chi connectivity index (χ1v) is 5.07. The fourth-order valence-corrected chi connectivity index (χ4v) is 0.734. The first-order valence-electron chi connectivity index (χ1n) is 5.07. The summed E-state index contributed by atoms with van der Waals surface area (Å²) in [6.07, 6.45) is 0.192. The number of aliphatic carboxylic acids is 1. The maximum atomic E-state index is 10.2. The monoisotopic (exact) mass is 262 g/mol. The van der Waals surface area contributed by atoms with E-state index in [0.717, 1.165) is 0 Å². The lowest BCUT2D eigenvalue weighted by atomic mass is 10.2. The molecule has 0 aliphatic rings. The zero-order valence-corrected chi connectivity index (χ0v) is 10.3. The van der Waals surface area contributed by atoms with Crippen molar-refractivity contribution in [2.24, 2.45) is 11.6 Å². The van der Waals surface area contributed by atoms with Gasteiger partial charge in [-0.1, -0.05) is 0 Å². The fraction of sp³-hybridized carbons (Fsp3) is 0.600. The van der Waals surface area contributed by atoms with E-state index in [0.29, 0.717) is 0 Å². The van der Waals surface area contributed by atoms with Gasteiger partial charge in [-0.3, -0.25) is 14.4 Å². The minimum atomic E-state index is -1.13. The van der Waals surface area contributed by atoms with Crippen molar-refractivity contribution >= 4 is 23.5 Å². The zero-order chi connectivity index (χ0) is 14.7. The lowest BCUT2D eigenvalue weighted by Gasteiger charge is -2.00. The van der Waals surface area contributed by atoms with Gasteiger partial charge in [0.1, 0.15) is 17.6 Å². The third kappa shape index (κ3) is 14.2. The van der Waals surface area contributed by atoms with Crippen LogP contribution >= 0.6 is 0 Å². The molecule has 0 heterocycles. The van der Waals surface area contributed by atoms with Crippen LogP contribution in [0, 0.1) is 0 Å². The second-order valence-corrected chi connectivity index (χ2v) is 3.54. The molecule has 18 heavy (non-hydrogen) atoms. The Labute approximate surface area is 104 Å². The molecule has 0 aliphatic heterocycles. The summed E-state index contributed by atoms with van der Waals surface area (Å²) in [5.41, 5.74) is 5.00. The predicted octanol–water partition coefficient (Wildman–Crippen LogP) is -0.850. The Balaban J connectivity index is 0. The Morgan fingerprint density at radius 2 is 1.61 bits per heavy atom. The molecule has 0 aromatic rings. The van der Waals surface area contributed by atoms with Crippen molar-refractivity contribution in [3.63, 3.8) is 0 Å². The first-order chi connectivity index (χ1) is 8.20. The lowest BCUT2D eigenvalue weighted by molar-refractivity contribution is -0.145. The number of carboxylic acids is 1. The van der Waals surface area contributed by atoms with Gasteiger partial charge in [-0.05, 0) is 13.8 Å². The normalized spacial score (nSPS) is 10.7. The maximum Gasteiger partial charge on any atom is 0.324 e. The number of carbonyl (C=O) groups is 4. The van der Waals surface area contributed by atoms with Gasteiger partial charge in [-0.2, -0.15) is 5.90 Å². The average molecular weight is 262 g/mol. The van der Waals surface area contributed by atoms with Crippen molar-refractivity contribution in [1.29, 1.82) is 0 Å². The summed E-state index contributed by atoms with van der Waals surface area (Å²) in [6.45, 7) is 2.71. The van der Waals surface area contributed by atoms with Crippen LogP contribution in [-0.4, -0.2) is 34.7 Å². The molecule has 1 atom stereocenters. The second-order valence-electron chi connectivity index (χ2n) is 3.54. The summed E-state index contributed by atoms with van der Waals surface area (Å²) in [4.78, 5) is 44.4. The predicted molar refractivity (Wildman–Crippen MR) is 61.1 cm³/mol. The summed E-state index contributed by atoms with van der Waals surface area (Å²) in [5, 5.41) is 8.15. The van der Waals surface area contributed by atoms with Crippen LogP contribution in [0.4, 0.5) is 0 Å². The van der Waals surface area contributed by atoms with Crippen molar-refractivity contribution in [2.75, 3.05) is 0 Å². The molecule has 0 saturated carbocycles. The Kier molecular flexibility index (Phi) is 10.7. The highest BCUT2D eigenvalue weighted by molar-refractivity contribution is 5.83. The summed E-state index contributed by atoms with van der Waals surface area (Å²) in [5.74, 6) is 2.57. The minimum Gasteiger partial charge on any atom is -0.480 e. The molecule has 0 aromatic heterocycles. The molecule has 0 aromatic carbocycles. The molecule has 8 heteroatoms. The number of hydrogen-bond acceptors (Lipinski definition) is 7. The summed E-state index contributed by atoms with van der Waals surface area (Å²) in [7, 11) is 0. The van der Waals surface area contributed by atoms with Gasteiger partial charge in [0, 0.05) is 12.8 Å². The first kappa shape index (κ1) is 18.6. The van der Waals surface area contributed by atoms with E-state index in [9.17, 15) is 19.2 Å². The molecule has 0 bridgehead atoms. The van der Waals surface area contributed by atoms with E-state index >= 15 is 0 Å². The summed E-state index contributed by atoms with van der Waals surface area (Å²) >= 11 is 0. The number of rotatable bonds is 6. The SMILES string of the molecule is CC(=O)CC(N)C(=O)O.CC(=O)CCC(=O)ON. The number of carboxylic acid groups (broad SMARTS) is 1. The Bertz CT molecular complexity index is 313. The molecular weight excluding hydrogens is 244 g/mol. The highest BCUT2D eigenvalue weighted by Gasteiger charge is 2.12. The van der Waals surface area contributed by atoms with Gasteiger partial charge in [0.2, 0.25) is 0 Å². The van der Waals surface area contributed by atoms with Crippen LogP contribution in [0.5, 0.6) is 0 Å².